The molecule has 0 bridgehead atoms. The maximum absolute atomic E-state index is 12.8. The molecule has 0 spiro atoms. The summed E-state index contributed by atoms with van der Waals surface area (Å²) < 4.78 is 7.90. The fraction of sp³-hybridized carbons (Fsp3) is 0.481. The van der Waals surface area contributed by atoms with E-state index >= 15 is 0 Å². The summed E-state index contributed by atoms with van der Waals surface area (Å²) in [5, 5.41) is 3.75. The molecule has 2 aromatic heterocycles. The minimum Gasteiger partial charge on any atom is -0.425 e. The molecule has 0 fully saturated rings. The van der Waals surface area contributed by atoms with Crippen molar-refractivity contribution in [2.24, 2.45) is 10.8 Å². The number of nitrogens with zero attached hydrogens (tertiary/aromatic N) is 2. The molecule has 0 aliphatic rings. The number of para-hydroxylation sites is 1. The number of fused-ring (bicyclic) bond motifs is 1. The summed E-state index contributed by atoms with van der Waals surface area (Å²) >= 11 is 6.00. The Morgan fingerprint density at radius 3 is 2.39 bits per heavy atom. The van der Waals surface area contributed by atoms with E-state index in [-0.39, 0.29) is 22.8 Å². The van der Waals surface area contributed by atoms with Gasteiger partial charge in [-0.3, -0.25) is 9.20 Å². The topological polar surface area (TPSA) is 55.6 Å². The van der Waals surface area contributed by atoms with Gasteiger partial charge in [-0.25, -0.2) is 4.98 Å². The maximum Gasteiger partial charge on any atom is 0.318 e. The minimum absolute atomic E-state index is 0.147. The molecule has 0 aliphatic heterocycles. The largest absolute Gasteiger partial charge is 0.425 e. The van der Waals surface area contributed by atoms with Crippen molar-refractivity contribution in [3.05, 3.63) is 48.2 Å². The van der Waals surface area contributed by atoms with E-state index in [0.29, 0.717) is 5.75 Å². The number of hydrogen-bond donors (Lipinski definition) is 1. The van der Waals surface area contributed by atoms with Crippen LogP contribution in [0, 0.1) is 17.8 Å². The Kier molecular flexibility index (Phi) is 6.86. The van der Waals surface area contributed by atoms with Gasteiger partial charge in [-0.2, -0.15) is 0 Å². The molecule has 3 rings (SSSR count). The highest BCUT2D eigenvalue weighted by molar-refractivity contribution is 6.19. The number of esters is 1. The number of benzene rings is 1. The van der Waals surface area contributed by atoms with Crippen molar-refractivity contribution in [2.45, 2.75) is 67.3 Å². The third-order valence-corrected chi connectivity index (χ3v) is 6.11. The number of rotatable bonds is 7. The van der Waals surface area contributed by atoms with Crippen LogP contribution in [-0.4, -0.2) is 26.8 Å². The molecule has 178 valence electrons. The van der Waals surface area contributed by atoms with E-state index in [2.05, 4.69) is 63.4 Å². The molecule has 0 radical (unpaired) electrons. The van der Waals surface area contributed by atoms with Crippen LogP contribution in [0.15, 0.2) is 42.6 Å². The number of imidazole rings is 1. The van der Waals surface area contributed by atoms with E-state index in [9.17, 15) is 4.79 Å². The lowest BCUT2D eigenvalue weighted by molar-refractivity contribution is -0.142. The van der Waals surface area contributed by atoms with Gasteiger partial charge in [0.1, 0.15) is 22.9 Å². The van der Waals surface area contributed by atoms with E-state index in [0.717, 1.165) is 34.7 Å². The lowest BCUT2D eigenvalue weighted by atomic mass is 9.82. The molecule has 0 amide bonds. The van der Waals surface area contributed by atoms with Gasteiger partial charge in [0.2, 0.25) is 0 Å². The summed E-state index contributed by atoms with van der Waals surface area (Å²) in [4.78, 5) is 17.7. The average Bonchev–Trinajstić information content (AvgIpc) is 3.02. The third kappa shape index (κ3) is 5.89. The van der Waals surface area contributed by atoms with Crippen molar-refractivity contribution in [2.75, 3.05) is 11.2 Å². The second kappa shape index (κ2) is 9.02. The predicted octanol–water partition coefficient (Wildman–Crippen LogP) is 7.11. The van der Waals surface area contributed by atoms with Gasteiger partial charge in [-0.05, 0) is 76.3 Å². The van der Waals surface area contributed by atoms with Gasteiger partial charge < -0.3 is 10.1 Å². The molecular weight excluding hydrogens is 434 g/mol. The number of nitrogens with one attached hydrogen (secondary N) is 1. The molecular formula is C27H36ClN3O2. The third-order valence-electron chi connectivity index (χ3n) is 5.44. The number of hydrogen-bond acceptors (Lipinski definition) is 4. The molecule has 0 aliphatic carbocycles. The van der Waals surface area contributed by atoms with Crippen LogP contribution in [0.3, 0.4) is 0 Å². The standard InChI is InChI=1S/C27H36ClN3O2/c1-18-13-14-31-21(15-18)29-22(23(31)30-27(7,8)16-25(2,3)4)19-11-9-10-12-20(19)33-24(32)26(5,6)17-28/h9-15,30H,16-17H2,1-8H3. The fourth-order valence-electron chi connectivity index (χ4n) is 4.19. The molecule has 1 aromatic carbocycles. The summed E-state index contributed by atoms with van der Waals surface area (Å²) in [7, 11) is 0. The number of carbonyl (C=O) groups is 1. The molecule has 33 heavy (non-hydrogen) atoms. The van der Waals surface area contributed by atoms with Crippen LogP contribution in [0.1, 0.15) is 60.5 Å². The van der Waals surface area contributed by atoms with Crippen molar-refractivity contribution in [3.8, 4) is 17.0 Å². The van der Waals surface area contributed by atoms with Gasteiger partial charge in [-0.15, -0.1) is 11.6 Å². The van der Waals surface area contributed by atoms with Gasteiger partial charge in [0.05, 0.1) is 5.41 Å². The van der Waals surface area contributed by atoms with Crippen LogP contribution in [0.5, 0.6) is 5.75 Å². The molecule has 0 atom stereocenters. The summed E-state index contributed by atoms with van der Waals surface area (Å²) in [6, 6.07) is 11.6. The Balaban J connectivity index is 2.14. The highest BCUT2D eigenvalue weighted by atomic mass is 35.5. The van der Waals surface area contributed by atoms with Crippen molar-refractivity contribution < 1.29 is 9.53 Å². The quantitative estimate of drug-likeness (QED) is 0.227. The fourth-order valence-corrected chi connectivity index (χ4v) is 4.30. The van der Waals surface area contributed by atoms with Gasteiger partial charge in [-0.1, -0.05) is 32.9 Å². The molecule has 5 nitrogen and oxygen atoms in total. The van der Waals surface area contributed by atoms with Crippen LogP contribution in [0.4, 0.5) is 5.82 Å². The lowest BCUT2D eigenvalue weighted by Gasteiger charge is -2.34. The van der Waals surface area contributed by atoms with Crippen LogP contribution < -0.4 is 10.1 Å². The van der Waals surface area contributed by atoms with Crippen molar-refractivity contribution in [1.29, 1.82) is 0 Å². The summed E-state index contributed by atoms with van der Waals surface area (Å²) in [6.07, 6.45) is 2.99. The number of halogens is 1. The van der Waals surface area contributed by atoms with Gasteiger partial charge >= 0.3 is 5.97 Å². The van der Waals surface area contributed by atoms with Crippen molar-refractivity contribution >= 4 is 29.0 Å². The number of alkyl halides is 1. The van der Waals surface area contributed by atoms with Crippen LogP contribution in [0.2, 0.25) is 0 Å². The first-order valence-corrected chi connectivity index (χ1v) is 11.9. The van der Waals surface area contributed by atoms with Gasteiger partial charge in [0.15, 0.2) is 0 Å². The SMILES string of the molecule is Cc1ccn2c(NC(C)(C)CC(C)(C)C)c(-c3ccccc3OC(=O)C(C)(C)CCl)nc2c1. The zero-order valence-electron chi connectivity index (χ0n) is 21.0. The maximum atomic E-state index is 12.8. The summed E-state index contributed by atoms with van der Waals surface area (Å²) in [5.74, 6) is 1.15. The number of aryl methyl sites for hydroxylation is 1. The smallest absolute Gasteiger partial charge is 0.318 e. The van der Waals surface area contributed by atoms with Gasteiger partial charge in [0.25, 0.3) is 0 Å². The zero-order chi connectivity index (χ0) is 24.6. The first kappa shape index (κ1) is 25.1. The average molecular weight is 470 g/mol. The van der Waals surface area contributed by atoms with Crippen LogP contribution >= 0.6 is 11.6 Å². The Labute approximate surface area is 202 Å². The number of aromatic nitrogens is 2. The molecule has 0 saturated heterocycles. The van der Waals surface area contributed by atoms with Crippen LogP contribution in [-0.2, 0) is 4.79 Å². The minimum atomic E-state index is -0.791. The molecule has 1 N–H and O–H groups in total. The predicted molar refractivity (Wildman–Crippen MR) is 137 cm³/mol. The zero-order valence-corrected chi connectivity index (χ0v) is 21.8. The Hall–Kier alpha value is -2.53. The van der Waals surface area contributed by atoms with Gasteiger partial charge in [0, 0.05) is 23.2 Å². The molecule has 0 saturated carbocycles. The van der Waals surface area contributed by atoms with Crippen LogP contribution in [0.25, 0.3) is 16.9 Å². The Bertz CT molecular complexity index is 1160. The molecule has 2 heterocycles. The second-order valence-corrected chi connectivity index (χ2v) is 11.7. The van der Waals surface area contributed by atoms with E-state index in [1.165, 1.54) is 0 Å². The highest BCUT2D eigenvalue weighted by Crippen LogP contribution is 2.39. The van der Waals surface area contributed by atoms with E-state index in [1.807, 2.05) is 24.4 Å². The Morgan fingerprint density at radius 2 is 1.76 bits per heavy atom. The molecule has 3 aromatic rings. The van der Waals surface area contributed by atoms with Crippen molar-refractivity contribution in [3.63, 3.8) is 0 Å². The lowest BCUT2D eigenvalue weighted by Crippen LogP contribution is -2.36. The molecule has 6 heteroatoms. The van der Waals surface area contributed by atoms with E-state index in [4.69, 9.17) is 21.3 Å². The first-order valence-electron chi connectivity index (χ1n) is 11.4. The number of carbonyl (C=O) groups excluding carboxylic acids is 1. The van der Waals surface area contributed by atoms with Crippen molar-refractivity contribution in [1.82, 2.24) is 9.38 Å². The number of ether oxygens (including phenoxy) is 1. The first-order chi connectivity index (χ1) is 15.2. The number of anilines is 1. The summed E-state index contributed by atoms with van der Waals surface area (Å²) in [6.45, 7) is 16.7. The normalized spacial score (nSPS) is 12.8. The van der Waals surface area contributed by atoms with E-state index < -0.39 is 5.41 Å². The highest BCUT2D eigenvalue weighted by Gasteiger charge is 2.31. The molecule has 0 unspecified atom stereocenters. The second-order valence-electron chi connectivity index (χ2n) is 11.4. The number of pyridine rings is 1. The Morgan fingerprint density at radius 1 is 1.09 bits per heavy atom. The summed E-state index contributed by atoms with van der Waals surface area (Å²) in [5.41, 5.74) is 2.63. The monoisotopic (exact) mass is 469 g/mol. The van der Waals surface area contributed by atoms with E-state index in [1.54, 1.807) is 19.9 Å².